The zero-order valence-corrected chi connectivity index (χ0v) is 17.1. The Balaban J connectivity index is 1.69. The molecule has 1 unspecified atom stereocenters. The summed E-state index contributed by atoms with van der Waals surface area (Å²) in [5.41, 5.74) is 8.41. The van der Waals surface area contributed by atoms with Crippen LogP contribution in [-0.2, 0) is 5.60 Å². The Morgan fingerprint density at radius 2 is 1.93 bits per heavy atom. The maximum Gasteiger partial charge on any atom is 0.174 e. The van der Waals surface area contributed by atoms with Gasteiger partial charge in [0.05, 0.1) is 11.2 Å². The van der Waals surface area contributed by atoms with Crippen LogP contribution in [0.1, 0.15) is 28.2 Å². The quantitative estimate of drug-likeness (QED) is 0.498. The Morgan fingerprint density at radius 3 is 2.69 bits per heavy atom. The lowest BCUT2D eigenvalue weighted by Crippen LogP contribution is -2.17. The van der Waals surface area contributed by atoms with Crippen LogP contribution in [0.15, 0.2) is 42.6 Å². The van der Waals surface area contributed by atoms with Crippen LogP contribution >= 0.6 is 11.3 Å². The Hall–Kier alpha value is -3.34. The number of nitrogens with zero attached hydrogens (tertiary/aromatic N) is 4. The lowest BCUT2D eigenvalue weighted by atomic mass is 10.1. The van der Waals surface area contributed by atoms with E-state index in [-0.39, 0.29) is 0 Å². The predicted octanol–water partition coefficient (Wildman–Crippen LogP) is 3.61. The second kappa shape index (κ2) is 7.24. The zero-order chi connectivity index (χ0) is 20.6. The molecule has 144 valence electrons. The third kappa shape index (κ3) is 3.94. The number of thiazole rings is 1. The first kappa shape index (κ1) is 19.0. The van der Waals surface area contributed by atoms with Gasteiger partial charge in [-0.2, -0.15) is 0 Å². The van der Waals surface area contributed by atoms with Gasteiger partial charge < -0.3 is 10.8 Å². The number of hydrogen-bond acceptors (Lipinski definition) is 7. The lowest BCUT2D eigenvalue weighted by molar-refractivity contribution is 0.122. The van der Waals surface area contributed by atoms with Gasteiger partial charge in [0.15, 0.2) is 11.4 Å². The average Bonchev–Trinajstić information content (AvgIpc) is 3.14. The third-order valence-corrected chi connectivity index (χ3v) is 5.45. The molecule has 0 saturated carbocycles. The highest BCUT2D eigenvalue weighted by molar-refractivity contribution is 7.11. The van der Waals surface area contributed by atoms with E-state index < -0.39 is 5.60 Å². The van der Waals surface area contributed by atoms with E-state index in [0.29, 0.717) is 27.7 Å². The number of aliphatic hydroxyl groups is 1. The fraction of sp³-hybridized carbons (Fsp3) is 0.182. The molecular formula is C22H19N5OS. The van der Waals surface area contributed by atoms with Gasteiger partial charge in [-0.05, 0) is 45.0 Å². The fourth-order valence-electron chi connectivity index (χ4n) is 2.90. The number of pyridine rings is 1. The van der Waals surface area contributed by atoms with Crippen LogP contribution in [0, 0.1) is 25.7 Å². The van der Waals surface area contributed by atoms with Crippen LogP contribution in [0.25, 0.3) is 22.3 Å². The summed E-state index contributed by atoms with van der Waals surface area (Å²) in [7, 11) is 0. The number of rotatable bonds is 2. The smallest absolute Gasteiger partial charge is 0.174 e. The minimum absolute atomic E-state index is 0.361. The van der Waals surface area contributed by atoms with Gasteiger partial charge in [-0.15, -0.1) is 11.3 Å². The number of anilines is 1. The molecule has 3 N–H and O–H groups in total. The molecular weight excluding hydrogens is 382 g/mol. The first-order valence-electron chi connectivity index (χ1n) is 9.01. The van der Waals surface area contributed by atoms with E-state index in [2.05, 4.69) is 31.8 Å². The van der Waals surface area contributed by atoms with E-state index in [4.69, 9.17) is 5.73 Å². The first-order chi connectivity index (χ1) is 13.8. The Morgan fingerprint density at radius 1 is 1.10 bits per heavy atom. The average molecular weight is 401 g/mol. The maximum absolute atomic E-state index is 10.7. The number of fused-ring (bicyclic) bond motifs is 1. The number of hydrogen-bond donors (Lipinski definition) is 2. The molecule has 1 atom stereocenters. The number of aryl methyl sites for hydroxylation is 2. The van der Waals surface area contributed by atoms with Gasteiger partial charge in [0.2, 0.25) is 0 Å². The van der Waals surface area contributed by atoms with E-state index in [1.807, 2.05) is 43.3 Å². The van der Waals surface area contributed by atoms with Crippen molar-refractivity contribution < 1.29 is 5.11 Å². The Kier molecular flexibility index (Phi) is 4.74. The van der Waals surface area contributed by atoms with E-state index in [1.165, 1.54) is 11.3 Å². The monoisotopic (exact) mass is 401 g/mol. The fourth-order valence-corrected chi connectivity index (χ4v) is 3.67. The Bertz CT molecular complexity index is 1280. The van der Waals surface area contributed by atoms with Crippen molar-refractivity contribution in [2.75, 3.05) is 5.73 Å². The number of aromatic nitrogens is 4. The zero-order valence-electron chi connectivity index (χ0n) is 16.3. The van der Waals surface area contributed by atoms with Crippen molar-refractivity contribution in [3.05, 3.63) is 63.9 Å². The highest BCUT2D eigenvalue weighted by Crippen LogP contribution is 2.26. The maximum atomic E-state index is 10.7. The standard InChI is InChI=1S/C22H19N5OS/c1-13-12-24-21(29-13)22(3,28)10-9-15-5-4-6-16(11-15)17-7-8-18-19(27-17)20(23)26-14(2)25-18/h4-8,11-12,28H,1-3H3,(H2,23,25,26). The van der Waals surface area contributed by atoms with Crippen LogP contribution in [0.2, 0.25) is 0 Å². The number of nitrogen functional groups attached to an aromatic ring is 1. The van der Waals surface area contributed by atoms with Crippen molar-refractivity contribution in [2.45, 2.75) is 26.4 Å². The molecule has 4 aromatic rings. The minimum Gasteiger partial charge on any atom is -0.382 e. The number of benzene rings is 1. The molecule has 0 aliphatic rings. The van der Waals surface area contributed by atoms with Gasteiger partial charge in [0.25, 0.3) is 0 Å². The van der Waals surface area contributed by atoms with Crippen LogP contribution in [0.5, 0.6) is 0 Å². The minimum atomic E-state index is -1.31. The first-order valence-corrected chi connectivity index (χ1v) is 9.83. The molecule has 0 bridgehead atoms. The van der Waals surface area contributed by atoms with Crippen molar-refractivity contribution in [1.82, 2.24) is 19.9 Å². The number of nitrogens with two attached hydrogens (primary N) is 1. The summed E-state index contributed by atoms with van der Waals surface area (Å²) in [5.74, 6) is 6.95. The van der Waals surface area contributed by atoms with Gasteiger partial charge in [0, 0.05) is 22.2 Å². The van der Waals surface area contributed by atoms with E-state index in [9.17, 15) is 5.11 Å². The molecule has 3 heterocycles. The molecule has 4 rings (SSSR count). The van der Waals surface area contributed by atoms with Gasteiger partial charge in [-0.1, -0.05) is 24.0 Å². The lowest BCUT2D eigenvalue weighted by Gasteiger charge is -2.12. The normalized spacial score (nSPS) is 13.0. The summed E-state index contributed by atoms with van der Waals surface area (Å²) in [6.45, 7) is 5.40. The molecule has 0 fully saturated rings. The summed E-state index contributed by atoms with van der Waals surface area (Å²) in [4.78, 5) is 18.5. The van der Waals surface area contributed by atoms with E-state index in [0.717, 1.165) is 21.7 Å². The molecule has 1 aromatic carbocycles. The van der Waals surface area contributed by atoms with Crippen molar-refractivity contribution in [3.63, 3.8) is 0 Å². The summed E-state index contributed by atoms with van der Waals surface area (Å²) in [6.07, 6.45) is 1.74. The molecule has 0 spiro atoms. The Labute approximate surface area is 172 Å². The topological polar surface area (TPSA) is 97.8 Å². The highest BCUT2D eigenvalue weighted by Gasteiger charge is 2.23. The highest BCUT2D eigenvalue weighted by atomic mass is 32.1. The van der Waals surface area contributed by atoms with Crippen molar-refractivity contribution in [3.8, 4) is 23.1 Å². The molecule has 0 amide bonds. The largest absolute Gasteiger partial charge is 0.382 e. The van der Waals surface area contributed by atoms with Crippen molar-refractivity contribution in [2.24, 2.45) is 0 Å². The molecule has 0 saturated heterocycles. The van der Waals surface area contributed by atoms with Crippen molar-refractivity contribution >= 4 is 28.2 Å². The van der Waals surface area contributed by atoms with Crippen LogP contribution in [0.3, 0.4) is 0 Å². The van der Waals surface area contributed by atoms with Crippen molar-refractivity contribution in [1.29, 1.82) is 0 Å². The van der Waals surface area contributed by atoms with Gasteiger partial charge >= 0.3 is 0 Å². The van der Waals surface area contributed by atoms with Crippen LogP contribution in [-0.4, -0.2) is 25.0 Å². The SMILES string of the molecule is Cc1nc(N)c2nc(-c3cccc(C#CC(C)(O)c4ncc(C)s4)c3)ccc2n1. The molecule has 0 radical (unpaired) electrons. The molecule has 0 aliphatic carbocycles. The third-order valence-electron chi connectivity index (χ3n) is 4.33. The van der Waals surface area contributed by atoms with Crippen LogP contribution < -0.4 is 5.73 Å². The second-order valence-corrected chi connectivity index (χ2v) is 8.13. The molecule has 6 nitrogen and oxygen atoms in total. The molecule has 0 aliphatic heterocycles. The predicted molar refractivity (Wildman–Crippen MR) is 115 cm³/mol. The summed E-state index contributed by atoms with van der Waals surface area (Å²) < 4.78 is 0. The summed E-state index contributed by atoms with van der Waals surface area (Å²) in [6, 6.07) is 11.5. The van der Waals surface area contributed by atoms with Crippen LogP contribution in [0.4, 0.5) is 5.82 Å². The van der Waals surface area contributed by atoms with Gasteiger partial charge in [-0.3, -0.25) is 0 Å². The molecule has 7 heteroatoms. The van der Waals surface area contributed by atoms with E-state index >= 15 is 0 Å². The van der Waals surface area contributed by atoms with Gasteiger partial charge in [-0.25, -0.2) is 19.9 Å². The molecule has 29 heavy (non-hydrogen) atoms. The second-order valence-electron chi connectivity index (χ2n) is 6.90. The summed E-state index contributed by atoms with van der Waals surface area (Å²) in [5, 5.41) is 11.2. The van der Waals surface area contributed by atoms with Gasteiger partial charge in [0.1, 0.15) is 16.3 Å². The van der Waals surface area contributed by atoms with E-state index in [1.54, 1.807) is 20.0 Å². The molecule has 3 aromatic heterocycles. The summed E-state index contributed by atoms with van der Waals surface area (Å²) >= 11 is 1.44.